The Hall–Kier alpha value is -2.16. The van der Waals surface area contributed by atoms with Crippen molar-refractivity contribution in [3.8, 4) is 10.8 Å². The van der Waals surface area contributed by atoms with Crippen molar-refractivity contribution in [2.24, 2.45) is 4.99 Å². The van der Waals surface area contributed by atoms with Crippen LogP contribution in [0.25, 0.3) is 10.8 Å². The molecule has 0 amide bonds. The first-order valence-electron chi connectivity index (χ1n) is 8.34. The summed E-state index contributed by atoms with van der Waals surface area (Å²) < 4.78 is 5.51. The Morgan fingerprint density at radius 2 is 2.23 bits per heavy atom. The molecule has 3 N–H and O–H groups in total. The van der Waals surface area contributed by atoms with Crippen LogP contribution in [0.4, 0.5) is 0 Å². The molecule has 0 aliphatic heterocycles. The number of aliphatic imine (C=N–C) groups is 1. The lowest BCUT2D eigenvalue weighted by Crippen LogP contribution is -2.44. The summed E-state index contributed by atoms with van der Waals surface area (Å²) in [5.41, 5.74) is 0.689. The smallest absolute Gasteiger partial charge is 0.236 e. The average molecular weight is 391 g/mol. The number of rotatable bonds is 7. The Balaban J connectivity index is 1.62. The second-order valence-corrected chi connectivity index (χ2v) is 7.68. The van der Waals surface area contributed by atoms with Crippen LogP contribution in [0.1, 0.15) is 25.1 Å². The molecule has 0 aliphatic rings. The summed E-state index contributed by atoms with van der Waals surface area (Å²) in [6.07, 6.45) is 1.63. The van der Waals surface area contributed by atoms with Crippen LogP contribution in [-0.2, 0) is 12.1 Å². The van der Waals surface area contributed by atoms with E-state index in [4.69, 9.17) is 4.42 Å². The molecule has 26 heavy (non-hydrogen) atoms. The van der Waals surface area contributed by atoms with Gasteiger partial charge in [0.15, 0.2) is 5.96 Å². The Morgan fingerprint density at radius 1 is 1.35 bits per heavy atom. The number of aliphatic hydroxyl groups is 1. The number of hydrogen-bond acceptors (Lipinski definition) is 6. The largest absolute Gasteiger partial charge is 0.443 e. The molecule has 0 radical (unpaired) electrons. The number of thiophene rings is 2. The van der Waals surface area contributed by atoms with Crippen molar-refractivity contribution in [3.63, 3.8) is 0 Å². The number of guanidine groups is 1. The maximum Gasteiger partial charge on any atom is 0.236 e. The van der Waals surface area contributed by atoms with Gasteiger partial charge in [0.25, 0.3) is 0 Å². The van der Waals surface area contributed by atoms with Crippen LogP contribution in [-0.4, -0.2) is 29.1 Å². The normalized spacial score (nSPS) is 14.2. The summed E-state index contributed by atoms with van der Waals surface area (Å²) >= 11 is 3.16. The van der Waals surface area contributed by atoms with Crippen molar-refractivity contribution in [1.82, 2.24) is 15.6 Å². The van der Waals surface area contributed by atoms with E-state index in [0.29, 0.717) is 24.9 Å². The van der Waals surface area contributed by atoms with Gasteiger partial charge in [-0.2, -0.15) is 11.3 Å². The highest BCUT2D eigenvalue weighted by Gasteiger charge is 2.23. The van der Waals surface area contributed by atoms with Gasteiger partial charge in [-0.1, -0.05) is 6.07 Å². The monoisotopic (exact) mass is 390 g/mol. The summed E-state index contributed by atoms with van der Waals surface area (Å²) in [7, 11) is 0. The van der Waals surface area contributed by atoms with Gasteiger partial charge in [-0.3, -0.25) is 0 Å². The number of aromatic nitrogens is 1. The quantitative estimate of drug-likeness (QED) is 0.425. The van der Waals surface area contributed by atoms with Crippen molar-refractivity contribution in [3.05, 3.63) is 51.9 Å². The van der Waals surface area contributed by atoms with E-state index < -0.39 is 5.60 Å². The van der Waals surface area contributed by atoms with Gasteiger partial charge < -0.3 is 20.2 Å². The van der Waals surface area contributed by atoms with Crippen molar-refractivity contribution in [2.45, 2.75) is 26.0 Å². The Kier molecular flexibility index (Phi) is 6.08. The molecule has 3 heterocycles. The molecular weight excluding hydrogens is 368 g/mol. The van der Waals surface area contributed by atoms with Gasteiger partial charge in [0.2, 0.25) is 5.89 Å². The molecule has 0 fully saturated rings. The zero-order chi connectivity index (χ0) is 18.4. The highest BCUT2D eigenvalue weighted by molar-refractivity contribution is 7.13. The highest BCUT2D eigenvalue weighted by atomic mass is 32.1. The standard InChI is InChI=1S/C18H22N4O2S2/c1-3-19-17(21-12-18(2,23)13-6-8-25-11-13)20-9-14-10-24-16(22-14)15-5-4-7-26-15/h4-8,10-11,23H,3,9,12H2,1-2H3,(H2,19,20,21). The minimum Gasteiger partial charge on any atom is -0.443 e. The first-order valence-corrected chi connectivity index (χ1v) is 10.2. The first kappa shape index (κ1) is 18.6. The third-order valence-electron chi connectivity index (χ3n) is 3.77. The van der Waals surface area contributed by atoms with Crippen LogP contribution in [0.15, 0.2) is 50.0 Å². The highest BCUT2D eigenvalue weighted by Crippen LogP contribution is 2.24. The van der Waals surface area contributed by atoms with Gasteiger partial charge >= 0.3 is 0 Å². The van der Waals surface area contributed by atoms with E-state index in [1.54, 1.807) is 35.9 Å². The van der Waals surface area contributed by atoms with Crippen molar-refractivity contribution < 1.29 is 9.52 Å². The van der Waals surface area contributed by atoms with Crippen LogP contribution in [0, 0.1) is 0 Å². The predicted octanol–water partition coefficient (Wildman–Crippen LogP) is 3.43. The van der Waals surface area contributed by atoms with Crippen LogP contribution in [0.5, 0.6) is 0 Å². The van der Waals surface area contributed by atoms with Crippen LogP contribution < -0.4 is 10.6 Å². The zero-order valence-corrected chi connectivity index (χ0v) is 16.4. The van der Waals surface area contributed by atoms with Gasteiger partial charge in [0, 0.05) is 6.54 Å². The summed E-state index contributed by atoms with van der Waals surface area (Å²) in [6, 6.07) is 5.87. The molecule has 0 spiro atoms. The number of hydrogen-bond donors (Lipinski definition) is 3. The average Bonchev–Trinajstić information content (AvgIpc) is 3.39. The van der Waals surface area contributed by atoms with Gasteiger partial charge in [-0.05, 0) is 47.7 Å². The van der Waals surface area contributed by atoms with E-state index in [1.807, 2.05) is 41.3 Å². The third-order valence-corrected chi connectivity index (χ3v) is 5.31. The molecule has 3 rings (SSSR count). The minimum atomic E-state index is -0.962. The fourth-order valence-electron chi connectivity index (χ4n) is 2.32. The Bertz CT molecular complexity index is 823. The van der Waals surface area contributed by atoms with Gasteiger partial charge in [0.05, 0.1) is 18.0 Å². The second-order valence-electron chi connectivity index (χ2n) is 5.96. The number of nitrogens with zero attached hydrogens (tertiary/aromatic N) is 2. The maximum atomic E-state index is 10.6. The van der Waals surface area contributed by atoms with Crippen LogP contribution >= 0.6 is 22.7 Å². The van der Waals surface area contributed by atoms with Crippen molar-refractivity contribution >= 4 is 28.6 Å². The molecule has 1 atom stereocenters. The van der Waals surface area contributed by atoms with E-state index >= 15 is 0 Å². The minimum absolute atomic E-state index is 0.356. The first-order chi connectivity index (χ1) is 12.6. The predicted molar refractivity (Wildman–Crippen MR) is 107 cm³/mol. The van der Waals surface area contributed by atoms with E-state index in [9.17, 15) is 5.11 Å². The van der Waals surface area contributed by atoms with Gasteiger partial charge in [-0.15, -0.1) is 11.3 Å². The fourth-order valence-corrected chi connectivity index (χ4v) is 3.76. The Morgan fingerprint density at radius 3 is 2.92 bits per heavy atom. The number of nitrogens with one attached hydrogen (secondary N) is 2. The zero-order valence-electron chi connectivity index (χ0n) is 14.7. The van der Waals surface area contributed by atoms with E-state index in [0.717, 1.165) is 22.7 Å². The lowest BCUT2D eigenvalue weighted by Gasteiger charge is -2.24. The summed E-state index contributed by atoms with van der Waals surface area (Å²) in [5.74, 6) is 1.24. The fraction of sp³-hybridized carbons (Fsp3) is 0.333. The molecule has 0 aliphatic carbocycles. The maximum absolute atomic E-state index is 10.6. The van der Waals surface area contributed by atoms with Crippen LogP contribution in [0.2, 0.25) is 0 Å². The molecule has 6 nitrogen and oxygen atoms in total. The van der Waals surface area contributed by atoms with E-state index in [-0.39, 0.29) is 0 Å². The SMILES string of the molecule is CCNC(=NCc1coc(-c2cccs2)n1)NCC(C)(O)c1ccsc1. The Labute approximate surface area is 160 Å². The summed E-state index contributed by atoms with van der Waals surface area (Å²) in [5, 5.41) is 22.9. The molecule has 3 aromatic rings. The molecular formula is C18H22N4O2S2. The van der Waals surface area contributed by atoms with E-state index in [2.05, 4.69) is 20.6 Å². The number of oxazole rings is 1. The third kappa shape index (κ3) is 4.72. The van der Waals surface area contributed by atoms with Crippen LogP contribution in [0.3, 0.4) is 0 Å². The lowest BCUT2D eigenvalue weighted by atomic mass is 9.99. The van der Waals surface area contributed by atoms with Gasteiger partial charge in [-0.25, -0.2) is 9.98 Å². The van der Waals surface area contributed by atoms with Crippen molar-refractivity contribution in [2.75, 3.05) is 13.1 Å². The second kappa shape index (κ2) is 8.48. The molecule has 1 unspecified atom stereocenters. The summed E-state index contributed by atoms with van der Waals surface area (Å²) in [6.45, 7) is 5.26. The lowest BCUT2D eigenvalue weighted by molar-refractivity contribution is 0.0621. The molecule has 0 saturated carbocycles. The van der Waals surface area contributed by atoms with E-state index in [1.165, 1.54) is 0 Å². The topological polar surface area (TPSA) is 82.7 Å². The molecule has 138 valence electrons. The molecule has 0 saturated heterocycles. The summed E-state index contributed by atoms with van der Waals surface area (Å²) in [4.78, 5) is 9.99. The van der Waals surface area contributed by atoms with Gasteiger partial charge in [0.1, 0.15) is 17.6 Å². The molecule has 8 heteroatoms. The van der Waals surface area contributed by atoms with Crippen molar-refractivity contribution in [1.29, 1.82) is 0 Å². The molecule has 3 aromatic heterocycles. The molecule has 0 aromatic carbocycles. The molecule has 0 bridgehead atoms.